The molecule has 1 heterocycles. The number of carbonyl (C=O) groups excluding carboxylic acids is 2. The average Bonchev–Trinajstić information content (AvgIpc) is 2.90. The number of aromatic nitrogens is 1. The Bertz CT molecular complexity index is 1620. The minimum absolute atomic E-state index is 0.0235. The van der Waals surface area contributed by atoms with Crippen LogP contribution in [0, 0.1) is 24.0 Å². The number of nitro benzene ring substituents is 1. The van der Waals surface area contributed by atoms with Gasteiger partial charge in [0.2, 0.25) is 0 Å². The molecule has 0 saturated carbocycles. The molecule has 4 rings (SSSR count). The van der Waals surface area contributed by atoms with Gasteiger partial charge in [-0.15, -0.1) is 0 Å². The molecule has 1 atom stereocenters. The van der Waals surface area contributed by atoms with Crippen molar-refractivity contribution in [3.63, 3.8) is 0 Å². The smallest absolute Gasteiger partial charge is 0.356 e. The fraction of sp³-hybridized carbons (Fsp3) is 0.207. The number of amides is 1. The number of non-ortho nitro benzene ring substituents is 1. The first kappa shape index (κ1) is 26.3. The normalized spacial score (nSPS) is 11.7. The Morgan fingerprint density at radius 2 is 1.68 bits per heavy atom. The summed E-state index contributed by atoms with van der Waals surface area (Å²) in [5.41, 5.74) is 2.62. The number of carbonyl (C=O) groups is 2. The van der Waals surface area contributed by atoms with Gasteiger partial charge in [-0.1, -0.05) is 61.0 Å². The summed E-state index contributed by atoms with van der Waals surface area (Å²) in [6, 6.07) is 18.7. The predicted molar refractivity (Wildman–Crippen MR) is 145 cm³/mol. The van der Waals surface area contributed by atoms with Crippen molar-refractivity contribution in [1.82, 2.24) is 4.57 Å². The van der Waals surface area contributed by atoms with Crippen molar-refractivity contribution in [3.05, 3.63) is 104 Å². The lowest BCUT2D eigenvalue weighted by molar-refractivity contribution is -0.384. The summed E-state index contributed by atoms with van der Waals surface area (Å²) in [5.74, 6) is -1.46. The van der Waals surface area contributed by atoms with Crippen LogP contribution in [0.25, 0.3) is 21.9 Å². The fourth-order valence-electron chi connectivity index (χ4n) is 4.30. The number of aryl methyl sites for hydroxylation is 2. The van der Waals surface area contributed by atoms with E-state index in [1.807, 2.05) is 31.2 Å². The van der Waals surface area contributed by atoms with Crippen molar-refractivity contribution in [2.45, 2.75) is 33.3 Å². The molecule has 0 radical (unpaired) electrons. The molecule has 0 fully saturated rings. The SMILES string of the molecule is CCC(OC(=O)c1c(-c2ccc(C)cc2)c2ccccc2c(=O)n1C)C(=O)Nc1cc([N+](=O)[O-])ccc1C. The molecule has 9 nitrogen and oxygen atoms in total. The summed E-state index contributed by atoms with van der Waals surface area (Å²) in [6.07, 6.45) is -1.05. The van der Waals surface area contributed by atoms with E-state index < -0.39 is 22.9 Å². The van der Waals surface area contributed by atoms with Crippen molar-refractivity contribution < 1.29 is 19.2 Å². The van der Waals surface area contributed by atoms with E-state index in [1.165, 1.54) is 29.8 Å². The third kappa shape index (κ3) is 5.04. The van der Waals surface area contributed by atoms with E-state index in [-0.39, 0.29) is 29.0 Å². The summed E-state index contributed by atoms with van der Waals surface area (Å²) < 4.78 is 6.91. The first-order valence-electron chi connectivity index (χ1n) is 12.1. The van der Waals surface area contributed by atoms with Gasteiger partial charge in [-0.2, -0.15) is 0 Å². The number of pyridine rings is 1. The molecule has 0 bridgehead atoms. The highest BCUT2D eigenvalue weighted by Gasteiger charge is 2.28. The molecular formula is C29H27N3O6. The highest BCUT2D eigenvalue weighted by Crippen LogP contribution is 2.31. The number of ether oxygens (including phenoxy) is 1. The summed E-state index contributed by atoms with van der Waals surface area (Å²) in [4.78, 5) is 50.5. The van der Waals surface area contributed by atoms with E-state index in [4.69, 9.17) is 4.74 Å². The summed E-state index contributed by atoms with van der Waals surface area (Å²) in [5, 5.41) is 14.8. The van der Waals surface area contributed by atoms with Crippen LogP contribution in [0.1, 0.15) is 35.0 Å². The maximum Gasteiger partial charge on any atom is 0.356 e. The fourth-order valence-corrected chi connectivity index (χ4v) is 4.30. The van der Waals surface area contributed by atoms with Gasteiger partial charge >= 0.3 is 5.97 Å². The van der Waals surface area contributed by atoms with Gasteiger partial charge in [0.1, 0.15) is 5.69 Å². The number of anilines is 1. The molecule has 0 saturated heterocycles. The molecule has 1 aromatic heterocycles. The molecule has 38 heavy (non-hydrogen) atoms. The second kappa shape index (κ2) is 10.7. The molecule has 194 valence electrons. The van der Waals surface area contributed by atoms with Gasteiger partial charge in [0.25, 0.3) is 17.2 Å². The monoisotopic (exact) mass is 513 g/mol. The van der Waals surface area contributed by atoms with Crippen molar-refractivity contribution in [3.8, 4) is 11.1 Å². The van der Waals surface area contributed by atoms with Crippen LogP contribution >= 0.6 is 0 Å². The minimum atomic E-state index is -1.20. The maximum absolute atomic E-state index is 13.6. The van der Waals surface area contributed by atoms with Crippen LogP contribution in [0.15, 0.2) is 71.5 Å². The Hall–Kier alpha value is -4.79. The van der Waals surface area contributed by atoms with Gasteiger partial charge in [-0.05, 0) is 42.8 Å². The lowest BCUT2D eigenvalue weighted by atomic mass is 9.96. The molecule has 4 aromatic rings. The average molecular weight is 514 g/mol. The van der Waals surface area contributed by atoms with Crippen LogP contribution in [0.3, 0.4) is 0 Å². The molecule has 0 aliphatic heterocycles. The Balaban J connectivity index is 1.74. The number of fused-ring (bicyclic) bond motifs is 1. The van der Waals surface area contributed by atoms with Crippen LogP contribution in [-0.4, -0.2) is 27.5 Å². The Kier molecular flexibility index (Phi) is 7.38. The Labute approximate surface area is 218 Å². The molecule has 0 aliphatic rings. The molecule has 9 heteroatoms. The second-order valence-corrected chi connectivity index (χ2v) is 9.05. The molecule has 0 aliphatic carbocycles. The number of esters is 1. The number of hydrogen-bond acceptors (Lipinski definition) is 6. The highest BCUT2D eigenvalue weighted by atomic mass is 16.6. The predicted octanol–water partition coefficient (Wildman–Crippen LogP) is 5.30. The maximum atomic E-state index is 13.6. The van der Waals surface area contributed by atoms with Crippen LogP contribution in [-0.2, 0) is 16.6 Å². The van der Waals surface area contributed by atoms with Crippen molar-refractivity contribution in [2.75, 3.05) is 5.32 Å². The topological polar surface area (TPSA) is 121 Å². The van der Waals surface area contributed by atoms with Gasteiger partial charge in [0.15, 0.2) is 6.10 Å². The largest absolute Gasteiger partial charge is 0.448 e. The van der Waals surface area contributed by atoms with E-state index in [0.29, 0.717) is 21.9 Å². The Morgan fingerprint density at radius 3 is 2.32 bits per heavy atom. The molecule has 1 unspecified atom stereocenters. The number of hydrogen-bond donors (Lipinski definition) is 1. The summed E-state index contributed by atoms with van der Waals surface area (Å²) >= 11 is 0. The van der Waals surface area contributed by atoms with Crippen LogP contribution in [0.2, 0.25) is 0 Å². The number of rotatable bonds is 7. The zero-order chi connectivity index (χ0) is 27.6. The number of nitrogens with one attached hydrogen (secondary N) is 1. The molecular weight excluding hydrogens is 486 g/mol. The zero-order valence-corrected chi connectivity index (χ0v) is 21.5. The van der Waals surface area contributed by atoms with E-state index >= 15 is 0 Å². The molecule has 1 amide bonds. The summed E-state index contributed by atoms with van der Waals surface area (Å²) in [7, 11) is 1.50. The minimum Gasteiger partial charge on any atom is -0.448 e. The van der Waals surface area contributed by atoms with Gasteiger partial charge in [0, 0.05) is 30.1 Å². The number of benzene rings is 3. The van der Waals surface area contributed by atoms with Gasteiger partial charge in [0.05, 0.1) is 10.6 Å². The molecule has 3 aromatic carbocycles. The third-order valence-corrected chi connectivity index (χ3v) is 6.44. The van der Waals surface area contributed by atoms with E-state index in [1.54, 1.807) is 38.1 Å². The third-order valence-electron chi connectivity index (χ3n) is 6.44. The zero-order valence-electron chi connectivity index (χ0n) is 21.5. The first-order valence-corrected chi connectivity index (χ1v) is 12.1. The van der Waals surface area contributed by atoms with Gasteiger partial charge < -0.3 is 14.6 Å². The lowest BCUT2D eigenvalue weighted by Crippen LogP contribution is -2.34. The van der Waals surface area contributed by atoms with Crippen LogP contribution in [0.5, 0.6) is 0 Å². The standard InChI is InChI=1S/C29H27N3O6/c1-5-24(27(33)30-23-16-20(32(36)37)15-12-18(23)3)38-29(35)26-25(19-13-10-17(2)11-14-19)21-8-6-7-9-22(21)28(34)31(26)4/h6-16,24H,5H2,1-4H3,(H,30,33). The first-order chi connectivity index (χ1) is 18.1. The summed E-state index contributed by atoms with van der Waals surface area (Å²) in [6.45, 7) is 5.33. The number of nitrogens with zero attached hydrogens (tertiary/aromatic N) is 2. The molecule has 1 N–H and O–H groups in total. The highest BCUT2D eigenvalue weighted by molar-refractivity contribution is 6.07. The molecule has 0 spiro atoms. The quantitative estimate of drug-likeness (QED) is 0.203. The van der Waals surface area contributed by atoms with E-state index in [9.17, 15) is 24.5 Å². The van der Waals surface area contributed by atoms with E-state index in [2.05, 4.69) is 5.32 Å². The van der Waals surface area contributed by atoms with Crippen molar-refractivity contribution >= 4 is 34.0 Å². The van der Waals surface area contributed by atoms with Gasteiger partial charge in [-0.3, -0.25) is 19.7 Å². The van der Waals surface area contributed by atoms with E-state index in [0.717, 1.165) is 11.1 Å². The van der Waals surface area contributed by atoms with Gasteiger partial charge in [-0.25, -0.2) is 4.79 Å². The number of nitro groups is 1. The second-order valence-electron chi connectivity index (χ2n) is 9.05. The van der Waals surface area contributed by atoms with Crippen LogP contribution < -0.4 is 10.9 Å². The Morgan fingerprint density at radius 1 is 1.03 bits per heavy atom. The van der Waals surface area contributed by atoms with Crippen molar-refractivity contribution in [1.29, 1.82) is 0 Å². The van der Waals surface area contributed by atoms with Crippen LogP contribution in [0.4, 0.5) is 11.4 Å². The van der Waals surface area contributed by atoms with Crippen molar-refractivity contribution in [2.24, 2.45) is 7.05 Å². The lowest BCUT2D eigenvalue weighted by Gasteiger charge is -2.20.